The molecule has 7 heteroatoms. The number of amides is 1. The lowest BCUT2D eigenvalue weighted by atomic mass is 10.2. The van der Waals surface area contributed by atoms with Gasteiger partial charge in [0.2, 0.25) is 0 Å². The van der Waals surface area contributed by atoms with E-state index in [1.165, 1.54) is 11.7 Å². The number of benzene rings is 1. The molecule has 1 aromatic heterocycles. The van der Waals surface area contributed by atoms with Crippen molar-refractivity contribution < 1.29 is 9.53 Å². The van der Waals surface area contributed by atoms with Crippen molar-refractivity contribution in [3.8, 4) is 0 Å². The molecule has 0 spiro atoms. The van der Waals surface area contributed by atoms with Crippen LogP contribution in [0.5, 0.6) is 0 Å². The third-order valence-electron chi connectivity index (χ3n) is 2.75. The van der Waals surface area contributed by atoms with Gasteiger partial charge < -0.3 is 10.1 Å². The number of halogens is 1. The molecule has 0 radical (unpaired) electrons. The summed E-state index contributed by atoms with van der Waals surface area (Å²) in [6.07, 6.45) is 1.61. The minimum atomic E-state index is -0.482. The molecule has 0 atom stereocenters. The number of anilines is 1. The molecule has 21 heavy (non-hydrogen) atoms. The van der Waals surface area contributed by atoms with Crippen LogP contribution in [0.3, 0.4) is 0 Å². The van der Waals surface area contributed by atoms with Gasteiger partial charge in [0.15, 0.2) is 0 Å². The lowest BCUT2D eigenvalue weighted by Crippen LogP contribution is -2.27. The Morgan fingerprint density at radius 2 is 2.10 bits per heavy atom. The monoisotopic (exact) mass is 351 g/mol. The van der Waals surface area contributed by atoms with Crippen LogP contribution in [0.1, 0.15) is 15.9 Å². The highest BCUT2D eigenvalue weighted by atomic mass is 79.9. The zero-order valence-corrected chi connectivity index (χ0v) is 13.0. The van der Waals surface area contributed by atoms with Crippen molar-refractivity contribution in [1.82, 2.24) is 9.55 Å². The van der Waals surface area contributed by atoms with Crippen molar-refractivity contribution in [3.05, 3.63) is 58.1 Å². The third kappa shape index (κ3) is 3.77. The minimum absolute atomic E-state index is 0.110. The molecule has 2 rings (SSSR count). The number of hydrogen-bond donors (Lipinski definition) is 1. The maximum absolute atomic E-state index is 12.1. The van der Waals surface area contributed by atoms with Crippen molar-refractivity contribution >= 4 is 27.7 Å². The van der Waals surface area contributed by atoms with Crippen LogP contribution in [0.25, 0.3) is 0 Å². The van der Waals surface area contributed by atoms with E-state index in [2.05, 4.69) is 26.2 Å². The van der Waals surface area contributed by atoms with Crippen molar-refractivity contribution in [2.45, 2.75) is 12.1 Å². The highest BCUT2D eigenvalue weighted by molar-refractivity contribution is 9.08. The zero-order valence-electron chi connectivity index (χ0n) is 11.4. The molecular formula is C14H14BrN3O3. The third-order valence-corrected chi connectivity index (χ3v) is 3.35. The molecule has 0 aliphatic heterocycles. The topological polar surface area (TPSA) is 73.2 Å². The molecule has 1 heterocycles. The Bertz CT molecular complexity index is 686. The Labute approximate surface area is 129 Å². The zero-order chi connectivity index (χ0) is 15.2. The van der Waals surface area contributed by atoms with E-state index < -0.39 is 5.69 Å². The summed E-state index contributed by atoms with van der Waals surface area (Å²) in [6, 6.07) is 8.74. The van der Waals surface area contributed by atoms with Crippen LogP contribution in [0, 0.1) is 0 Å². The molecule has 110 valence electrons. The predicted octanol–water partition coefficient (Wildman–Crippen LogP) is 1.99. The quantitative estimate of drug-likeness (QED) is 0.836. The van der Waals surface area contributed by atoms with E-state index in [0.717, 1.165) is 0 Å². The summed E-state index contributed by atoms with van der Waals surface area (Å²) in [5, 5.41) is 3.11. The second kappa shape index (κ2) is 7.14. The number of hydrogen-bond acceptors (Lipinski definition) is 4. The molecule has 0 saturated heterocycles. The highest BCUT2D eigenvalue weighted by Crippen LogP contribution is 2.14. The largest absolute Gasteiger partial charge is 0.364 e. The maximum Gasteiger partial charge on any atom is 0.351 e. The van der Waals surface area contributed by atoms with E-state index in [4.69, 9.17) is 4.74 Å². The van der Waals surface area contributed by atoms with Crippen LogP contribution < -0.4 is 11.0 Å². The van der Waals surface area contributed by atoms with Crippen molar-refractivity contribution in [2.24, 2.45) is 0 Å². The molecule has 6 nitrogen and oxygen atoms in total. The van der Waals surface area contributed by atoms with Gasteiger partial charge in [0.25, 0.3) is 5.91 Å². The first-order chi connectivity index (χ1) is 10.2. The lowest BCUT2D eigenvalue weighted by Gasteiger charge is -2.11. The fraction of sp³-hybridized carbons (Fsp3) is 0.214. The first kappa shape index (κ1) is 15.4. The average Bonchev–Trinajstić information content (AvgIpc) is 2.51. The van der Waals surface area contributed by atoms with Gasteiger partial charge in [-0.2, -0.15) is 4.98 Å². The fourth-order valence-electron chi connectivity index (χ4n) is 1.74. The van der Waals surface area contributed by atoms with E-state index >= 15 is 0 Å². The second-order valence-corrected chi connectivity index (χ2v) is 4.80. The molecule has 1 amide bonds. The Hall–Kier alpha value is -1.99. The molecule has 0 saturated carbocycles. The highest BCUT2D eigenvalue weighted by Gasteiger charge is 2.12. The van der Waals surface area contributed by atoms with Gasteiger partial charge in [-0.1, -0.05) is 34.1 Å². The molecule has 0 aliphatic rings. The van der Waals surface area contributed by atoms with Gasteiger partial charge in [0.1, 0.15) is 12.5 Å². The summed E-state index contributed by atoms with van der Waals surface area (Å²) < 4.78 is 6.25. The minimum Gasteiger partial charge on any atom is -0.364 e. The number of nitrogens with one attached hydrogen (secondary N) is 1. The summed E-state index contributed by atoms with van der Waals surface area (Å²) in [6.45, 7) is 0.110. The number of rotatable bonds is 5. The average molecular weight is 352 g/mol. The Morgan fingerprint density at radius 3 is 2.71 bits per heavy atom. The number of nitrogens with zero attached hydrogens (tertiary/aromatic N) is 2. The molecule has 0 aliphatic carbocycles. The molecule has 1 aromatic carbocycles. The number of carbonyl (C=O) groups excluding carboxylic acids is 1. The van der Waals surface area contributed by atoms with Gasteiger partial charge in [-0.25, -0.2) is 4.79 Å². The van der Waals surface area contributed by atoms with Gasteiger partial charge in [0.05, 0.1) is 0 Å². The van der Waals surface area contributed by atoms with Crippen molar-refractivity contribution in [3.63, 3.8) is 0 Å². The Kier molecular flexibility index (Phi) is 5.24. The fourth-order valence-corrected chi connectivity index (χ4v) is 2.15. The van der Waals surface area contributed by atoms with E-state index in [1.54, 1.807) is 30.5 Å². The van der Waals surface area contributed by atoms with Gasteiger partial charge >= 0.3 is 5.69 Å². The maximum atomic E-state index is 12.1. The normalized spacial score (nSPS) is 10.4. The lowest BCUT2D eigenvalue weighted by molar-refractivity contribution is 0.102. The van der Waals surface area contributed by atoms with Crippen LogP contribution in [-0.2, 0) is 16.8 Å². The summed E-state index contributed by atoms with van der Waals surface area (Å²) in [5.41, 5.74) is 0.710. The summed E-state index contributed by atoms with van der Waals surface area (Å²) in [5.74, 6) is -0.0627. The van der Waals surface area contributed by atoms with Crippen LogP contribution in [0.15, 0.2) is 41.3 Å². The van der Waals surface area contributed by atoms with Crippen molar-refractivity contribution in [1.29, 1.82) is 0 Å². The molecule has 0 bridgehead atoms. The standard InChI is InChI=1S/C14H14BrN3O3/c1-21-9-18-8-11(7-15)12(17-14(18)20)16-13(19)10-5-3-2-4-6-10/h2-6,8H,7,9H2,1H3,(H,16,17,19,20). The van der Waals surface area contributed by atoms with Crippen LogP contribution in [0.4, 0.5) is 5.82 Å². The van der Waals surface area contributed by atoms with Crippen LogP contribution >= 0.6 is 15.9 Å². The van der Waals surface area contributed by atoms with Gasteiger partial charge in [-0.3, -0.25) is 9.36 Å². The van der Waals surface area contributed by atoms with E-state index in [-0.39, 0.29) is 18.5 Å². The summed E-state index contributed by atoms with van der Waals surface area (Å²) in [4.78, 5) is 27.8. The van der Waals surface area contributed by atoms with E-state index in [0.29, 0.717) is 16.5 Å². The molecule has 1 N–H and O–H groups in total. The van der Waals surface area contributed by atoms with Gasteiger partial charge in [-0.15, -0.1) is 0 Å². The number of carbonyl (C=O) groups is 1. The molecule has 2 aromatic rings. The van der Waals surface area contributed by atoms with E-state index in [1.807, 2.05) is 6.07 Å². The molecule has 0 fully saturated rings. The number of alkyl halides is 1. The molecule has 0 unspecified atom stereocenters. The van der Waals surface area contributed by atoms with Crippen molar-refractivity contribution in [2.75, 3.05) is 12.4 Å². The predicted molar refractivity (Wildman–Crippen MR) is 82.5 cm³/mol. The van der Waals surface area contributed by atoms with Crippen LogP contribution in [-0.4, -0.2) is 22.6 Å². The number of aromatic nitrogens is 2. The number of ether oxygens (including phenoxy) is 1. The van der Waals surface area contributed by atoms with Crippen LogP contribution in [0.2, 0.25) is 0 Å². The SMILES string of the molecule is COCn1cc(CBr)c(NC(=O)c2ccccc2)nc1=O. The first-order valence-corrected chi connectivity index (χ1v) is 7.29. The Morgan fingerprint density at radius 1 is 1.38 bits per heavy atom. The smallest absolute Gasteiger partial charge is 0.351 e. The number of methoxy groups -OCH3 is 1. The first-order valence-electron chi connectivity index (χ1n) is 6.17. The summed E-state index contributed by atoms with van der Waals surface area (Å²) in [7, 11) is 1.49. The second-order valence-electron chi connectivity index (χ2n) is 4.24. The van der Waals surface area contributed by atoms with Gasteiger partial charge in [-0.05, 0) is 12.1 Å². The van der Waals surface area contributed by atoms with E-state index in [9.17, 15) is 9.59 Å². The molecular weight excluding hydrogens is 338 g/mol. The summed E-state index contributed by atoms with van der Waals surface area (Å²) >= 11 is 3.32. The van der Waals surface area contributed by atoms with Gasteiger partial charge in [0, 0.05) is 29.8 Å². The Balaban J connectivity index is 2.29.